The van der Waals surface area contributed by atoms with Crippen molar-refractivity contribution in [1.29, 1.82) is 0 Å². The summed E-state index contributed by atoms with van der Waals surface area (Å²) in [4.78, 5) is 32.6. The number of unbranched alkanes of at least 4 members (excludes halogenated alkanes) is 2. The highest BCUT2D eigenvalue weighted by Gasteiger charge is 2.46. The van der Waals surface area contributed by atoms with E-state index >= 15 is 0 Å². The lowest BCUT2D eigenvalue weighted by Gasteiger charge is -2.34. The molecule has 250 valence electrons. The summed E-state index contributed by atoms with van der Waals surface area (Å²) in [6, 6.07) is 11.8. The number of ether oxygens (including phenoxy) is 2. The summed E-state index contributed by atoms with van der Waals surface area (Å²) < 4.78 is 26.5. The van der Waals surface area contributed by atoms with Gasteiger partial charge < -0.3 is 19.7 Å². The van der Waals surface area contributed by atoms with Gasteiger partial charge in [0.25, 0.3) is 11.8 Å². The Balaban J connectivity index is 1.34. The number of rotatable bonds is 17. The molecule has 2 aromatic rings. The Morgan fingerprint density at radius 2 is 1.83 bits per heavy atom. The fraction of sp³-hybridized carbons (Fsp3) is 0.528. The number of carbonyl (C=O) groups is 2. The monoisotopic (exact) mass is 650 g/mol. The topological polar surface area (TPSA) is 101 Å². The van der Waals surface area contributed by atoms with Crippen molar-refractivity contribution in [2.24, 2.45) is 4.99 Å². The number of aliphatic imine (C=N–C) groups is 1. The molecule has 0 aliphatic carbocycles. The molecule has 0 radical (unpaired) electrons. The molecule has 1 N–H and O–H groups in total. The van der Waals surface area contributed by atoms with Crippen LogP contribution in [0.25, 0.3) is 0 Å². The number of carbonyl (C=O) groups excluding carboxylic acids is 2. The maximum Gasteiger partial charge on any atom is 0.253 e. The van der Waals surface area contributed by atoms with Crippen molar-refractivity contribution in [2.75, 3.05) is 45.6 Å². The molecule has 0 saturated carbocycles. The number of benzene rings is 2. The third-order valence-electron chi connectivity index (χ3n) is 8.86. The third-order valence-corrected chi connectivity index (χ3v) is 10.4. The van der Waals surface area contributed by atoms with E-state index < -0.39 is 16.5 Å². The summed E-state index contributed by atoms with van der Waals surface area (Å²) in [6.07, 6.45) is 8.28. The fourth-order valence-electron chi connectivity index (χ4n) is 5.82. The Morgan fingerprint density at radius 1 is 1.09 bits per heavy atom. The SMILES string of the molecule is C=COCCN(C)C(=O)c1ccc(CCS(=O)N2CCC3(CC2)N=C(c2ccc(CCCC)c(OCCCC)c2)NC3=O)c(C)c1. The standard InChI is InChI=1S/C36H50N4O5S/c1-6-9-11-29-13-14-30(26-32(29)45-22-10-7-2)33-37-35(42)36(38-33)17-19-40(20-18-36)46(43)24-16-28-12-15-31(25-27(28)4)34(41)39(5)21-23-44-8-3/h8,12-15,25-26H,3,6-7,9-11,16-24H2,1-2,4-5H3,(H,37,38,42). The lowest BCUT2D eigenvalue weighted by Crippen LogP contribution is -2.49. The van der Waals surface area contributed by atoms with E-state index in [4.69, 9.17) is 14.5 Å². The van der Waals surface area contributed by atoms with Crippen molar-refractivity contribution in [3.63, 3.8) is 0 Å². The van der Waals surface area contributed by atoms with Gasteiger partial charge in [0.15, 0.2) is 0 Å². The minimum atomic E-state index is -1.19. The number of nitrogens with zero attached hydrogens (tertiary/aromatic N) is 3. The van der Waals surface area contributed by atoms with Crippen LogP contribution in [0.5, 0.6) is 5.75 Å². The van der Waals surface area contributed by atoms with Crippen LogP contribution in [-0.4, -0.2) is 82.3 Å². The molecule has 4 rings (SSSR count). The van der Waals surface area contributed by atoms with E-state index in [2.05, 4.69) is 31.8 Å². The van der Waals surface area contributed by atoms with Gasteiger partial charge in [-0.05, 0) is 80.3 Å². The minimum Gasteiger partial charge on any atom is -0.500 e. The molecule has 2 heterocycles. The smallest absolute Gasteiger partial charge is 0.253 e. The number of hydrogen-bond acceptors (Lipinski definition) is 6. The highest BCUT2D eigenvalue weighted by atomic mass is 32.2. The summed E-state index contributed by atoms with van der Waals surface area (Å²) in [7, 11) is 0.559. The quantitative estimate of drug-likeness (QED) is 0.183. The van der Waals surface area contributed by atoms with Crippen LogP contribution in [0.4, 0.5) is 0 Å². The summed E-state index contributed by atoms with van der Waals surface area (Å²) in [6.45, 7) is 12.4. The molecule has 1 saturated heterocycles. The van der Waals surface area contributed by atoms with Crippen LogP contribution in [-0.2, 0) is 33.4 Å². The Morgan fingerprint density at radius 3 is 2.52 bits per heavy atom. The van der Waals surface area contributed by atoms with Crippen molar-refractivity contribution in [2.45, 2.75) is 77.7 Å². The molecule has 2 aliphatic heterocycles. The van der Waals surface area contributed by atoms with Gasteiger partial charge in [-0.15, -0.1) is 0 Å². The van der Waals surface area contributed by atoms with Crippen LogP contribution < -0.4 is 10.1 Å². The molecule has 9 nitrogen and oxygen atoms in total. The summed E-state index contributed by atoms with van der Waals surface area (Å²) in [5, 5.41) is 3.04. The lowest BCUT2D eigenvalue weighted by atomic mass is 9.89. The van der Waals surface area contributed by atoms with Gasteiger partial charge in [-0.3, -0.25) is 14.6 Å². The van der Waals surface area contributed by atoms with Crippen LogP contribution in [0.3, 0.4) is 0 Å². The second-order valence-electron chi connectivity index (χ2n) is 12.2. The third kappa shape index (κ3) is 8.85. The molecule has 2 aromatic carbocycles. The Kier molecular flexibility index (Phi) is 13.0. The van der Waals surface area contributed by atoms with Crippen molar-refractivity contribution >= 4 is 28.6 Å². The summed E-state index contributed by atoms with van der Waals surface area (Å²) in [5.74, 6) is 1.79. The van der Waals surface area contributed by atoms with E-state index in [1.54, 1.807) is 11.9 Å². The summed E-state index contributed by atoms with van der Waals surface area (Å²) in [5.41, 5.74) is 3.91. The van der Waals surface area contributed by atoms with E-state index in [0.29, 0.717) is 69.3 Å². The largest absolute Gasteiger partial charge is 0.500 e. The molecule has 0 aromatic heterocycles. The number of nitrogens with one attached hydrogen (secondary N) is 1. The first kappa shape index (κ1) is 35.4. The number of piperidine rings is 1. The highest BCUT2D eigenvalue weighted by Crippen LogP contribution is 2.33. The normalized spacial score (nSPS) is 16.5. The van der Waals surface area contributed by atoms with E-state index in [-0.39, 0.29) is 11.8 Å². The van der Waals surface area contributed by atoms with E-state index in [0.717, 1.165) is 54.5 Å². The minimum absolute atomic E-state index is 0.0698. The average molecular weight is 651 g/mol. The number of aryl methyl sites for hydroxylation is 3. The van der Waals surface area contributed by atoms with Crippen LogP contribution in [0.2, 0.25) is 0 Å². The first-order valence-electron chi connectivity index (χ1n) is 16.6. The molecular formula is C36H50N4O5S. The number of likely N-dealkylation sites (N-methyl/N-ethyl adjacent to an activating group) is 1. The predicted molar refractivity (Wildman–Crippen MR) is 185 cm³/mol. The number of amidine groups is 1. The fourth-order valence-corrected chi connectivity index (χ4v) is 7.06. The van der Waals surface area contributed by atoms with Gasteiger partial charge in [0.1, 0.15) is 23.7 Å². The molecule has 1 atom stereocenters. The van der Waals surface area contributed by atoms with Crippen LogP contribution in [0, 0.1) is 6.92 Å². The molecule has 1 unspecified atom stereocenters. The van der Waals surface area contributed by atoms with Gasteiger partial charge in [0.2, 0.25) is 0 Å². The van der Waals surface area contributed by atoms with Crippen molar-refractivity contribution < 1.29 is 23.3 Å². The van der Waals surface area contributed by atoms with Gasteiger partial charge in [0.05, 0.1) is 30.4 Å². The first-order valence-corrected chi connectivity index (χ1v) is 17.9. The second kappa shape index (κ2) is 16.9. The van der Waals surface area contributed by atoms with Gasteiger partial charge in [-0.1, -0.05) is 51.5 Å². The maximum atomic E-state index is 13.3. The van der Waals surface area contributed by atoms with E-state index in [1.165, 1.54) is 11.8 Å². The molecule has 46 heavy (non-hydrogen) atoms. The van der Waals surface area contributed by atoms with Crippen LogP contribution >= 0.6 is 0 Å². The highest BCUT2D eigenvalue weighted by molar-refractivity contribution is 7.82. The number of amides is 2. The summed E-state index contributed by atoms with van der Waals surface area (Å²) >= 11 is 0. The molecule has 10 heteroatoms. The zero-order valence-corrected chi connectivity index (χ0v) is 28.8. The van der Waals surface area contributed by atoms with Gasteiger partial charge >= 0.3 is 0 Å². The van der Waals surface area contributed by atoms with Crippen molar-refractivity contribution in [3.8, 4) is 5.75 Å². The van der Waals surface area contributed by atoms with Crippen LogP contribution in [0.1, 0.15) is 85.0 Å². The molecule has 1 fully saturated rings. The van der Waals surface area contributed by atoms with Gasteiger partial charge in [0, 0.05) is 37.0 Å². The molecule has 2 amide bonds. The Hall–Kier alpha value is -3.50. The predicted octanol–water partition coefficient (Wildman–Crippen LogP) is 5.37. The zero-order chi connectivity index (χ0) is 33.1. The molecule has 1 spiro atoms. The van der Waals surface area contributed by atoms with Gasteiger partial charge in [-0.2, -0.15) is 0 Å². The molecule has 0 bridgehead atoms. The Bertz CT molecular complexity index is 1430. The van der Waals surface area contributed by atoms with Gasteiger partial charge in [-0.25, -0.2) is 8.51 Å². The average Bonchev–Trinajstić information content (AvgIpc) is 3.38. The lowest BCUT2D eigenvalue weighted by molar-refractivity contribution is -0.124. The zero-order valence-electron chi connectivity index (χ0n) is 27.9. The molecule has 2 aliphatic rings. The molecular weight excluding hydrogens is 600 g/mol. The van der Waals surface area contributed by atoms with Crippen LogP contribution in [0.15, 0.2) is 54.2 Å². The van der Waals surface area contributed by atoms with Crippen molar-refractivity contribution in [1.82, 2.24) is 14.5 Å². The first-order chi connectivity index (χ1) is 22.2. The van der Waals surface area contributed by atoms with E-state index in [1.807, 2.05) is 41.6 Å². The van der Waals surface area contributed by atoms with E-state index in [9.17, 15) is 13.8 Å². The van der Waals surface area contributed by atoms with Crippen molar-refractivity contribution in [3.05, 3.63) is 77.1 Å². The number of hydrogen-bond donors (Lipinski definition) is 1. The Labute approximate surface area is 277 Å². The second-order valence-corrected chi connectivity index (χ2v) is 13.8. The maximum absolute atomic E-state index is 13.3.